The third-order valence-corrected chi connectivity index (χ3v) is 11.8. The van der Waals surface area contributed by atoms with E-state index in [1.54, 1.807) is 28.9 Å². The average molecular weight is 618 g/mol. The van der Waals surface area contributed by atoms with Crippen molar-refractivity contribution >= 4 is 27.6 Å². The zero-order chi connectivity index (χ0) is 30.3. The smallest absolute Gasteiger partial charge is 0.281 e. The Kier molecular flexibility index (Phi) is 6.28. The van der Waals surface area contributed by atoms with Gasteiger partial charge in [-0.1, -0.05) is 6.07 Å². The second kappa shape index (κ2) is 9.92. The molecular formula is C32H39N7O4S. The molecule has 1 saturated heterocycles. The van der Waals surface area contributed by atoms with Crippen LogP contribution in [0.15, 0.2) is 47.6 Å². The van der Waals surface area contributed by atoms with Crippen LogP contribution in [0.3, 0.4) is 0 Å². The number of carbonyl (C=O) groups excluding carboxylic acids is 1. The average Bonchev–Trinajstić information content (AvgIpc) is 3.96. The molecule has 8 rings (SSSR count). The van der Waals surface area contributed by atoms with Gasteiger partial charge < -0.3 is 15.0 Å². The van der Waals surface area contributed by atoms with Gasteiger partial charge in [0.05, 0.1) is 12.2 Å². The molecule has 3 aromatic heterocycles. The summed E-state index contributed by atoms with van der Waals surface area (Å²) in [6.45, 7) is 5.65. The number of ether oxygens (including phenoxy) is 1. The molecule has 3 saturated carbocycles. The number of hydrogen-bond donors (Lipinski definition) is 2. The molecule has 3 aliphatic carbocycles. The summed E-state index contributed by atoms with van der Waals surface area (Å²) in [4.78, 5) is 25.1. The zero-order valence-electron chi connectivity index (χ0n) is 25.2. The number of nitrogens with zero attached hydrogens (tertiary/aromatic N) is 5. The normalized spacial score (nSPS) is 27.8. The van der Waals surface area contributed by atoms with E-state index in [-0.39, 0.29) is 22.2 Å². The predicted molar refractivity (Wildman–Crippen MR) is 164 cm³/mol. The number of fused-ring (bicyclic) bond motifs is 5. The van der Waals surface area contributed by atoms with E-state index in [0.717, 1.165) is 37.5 Å². The lowest BCUT2D eigenvalue weighted by Gasteiger charge is -2.38. The van der Waals surface area contributed by atoms with E-state index < -0.39 is 15.9 Å². The Balaban J connectivity index is 1.11. The quantitative estimate of drug-likeness (QED) is 0.423. The molecule has 12 heteroatoms. The van der Waals surface area contributed by atoms with Crippen LogP contribution in [0, 0.1) is 23.2 Å². The van der Waals surface area contributed by atoms with Crippen LogP contribution in [0.2, 0.25) is 0 Å². The first-order chi connectivity index (χ1) is 21.1. The number of carbonyl (C=O) groups is 1. The maximum atomic E-state index is 13.7. The Morgan fingerprint density at radius 2 is 1.86 bits per heavy atom. The maximum Gasteiger partial charge on any atom is 0.281 e. The van der Waals surface area contributed by atoms with Gasteiger partial charge in [-0.2, -0.15) is 8.42 Å². The summed E-state index contributed by atoms with van der Waals surface area (Å²) in [5.41, 5.74) is 0.471. The first-order valence-corrected chi connectivity index (χ1v) is 17.4. The number of amides is 1. The number of nitrogens with one attached hydrogen (secondary N) is 2. The fourth-order valence-electron chi connectivity index (χ4n) is 8.04. The number of sulfonamides is 1. The highest BCUT2D eigenvalue weighted by atomic mass is 32.2. The molecule has 11 nitrogen and oxygen atoms in total. The van der Waals surface area contributed by atoms with Crippen LogP contribution >= 0.6 is 0 Å². The fraction of sp³-hybridized carbons (Fsp3) is 0.562. The highest BCUT2D eigenvalue weighted by Crippen LogP contribution is 2.79. The minimum atomic E-state index is -4.22. The lowest BCUT2D eigenvalue weighted by atomic mass is 10.0. The molecule has 5 aliphatic rings. The van der Waals surface area contributed by atoms with Crippen molar-refractivity contribution in [1.82, 2.24) is 24.5 Å². The van der Waals surface area contributed by atoms with Crippen LogP contribution in [0.1, 0.15) is 75.6 Å². The molecule has 2 aliphatic heterocycles. The standard InChI is InChI=1S/C32H39N7O4S/c1-31(2)14-12-21-5-4-17-33-24-6-3-7-27(34-24)44(41,42)37-30(40)22-10-11-25(35-29(22)39(21)31)38-18-13-26(36-38)43-19-23-28(20-8-9-20)32(23)15-16-32/h3,6-7,10-11,13,18,20-21,23,28H,4-5,8-9,12,14-17,19H2,1-2H3,(H,33,34)(H,37,40). The first-order valence-electron chi connectivity index (χ1n) is 15.9. The SMILES string of the molecule is CC1(C)CCC2CCCNc3cccc(n3)S(=O)(=O)NC(=O)c3ccc(-n4ccc(OCC5C(C6CC6)C56CC6)n4)nc3N21. The monoisotopic (exact) mass is 617 g/mol. The lowest BCUT2D eigenvalue weighted by Crippen LogP contribution is -2.45. The van der Waals surface area contributed by atoms with Gasteiger partial charge in [0.2, 0.25) is 5.88 Å². The van der Waals surface area contributed by atoms with E-state index in [1.165, 1.54) is 31.7 Å². The van der Waals surface area contributed by atoms with Crippen molar-refractivity contribution in [1.29, 1.82) is 0 Å². The van der Waals surface area contributed by atoms with Crippen LogP contribution in [-0.2, 0) is 10.0 Å². The van der Waals surface area contributed by atoms with Crippen molar-refractivity contribution in [3.05, 3.63) is 48.2 Å². The second-order valence-corrected chi connectivity index (χ2v) is 15.5. The Morgan fingerprint density at radius 1 is 1.02 bits per heavy atom. The molecule has 3 aromatic rings. The largest absolute Gasteiger partial charge is 0.476 e. The summed E-state index contributed by atoms with van der Waals surface area (Å²) in [5, 5.41) is 7.70. The molecule has 5 heterocycles. The molecular weight excluding hydrogens is 578 g/mol. The van der Waals surface area contributed by atoms with Crippen LogP contribution in [0.5, 0.6) is 5.88 Å². The molecule has 3 atom stereocenters. The van der Waals surface area contributed by atoms with Crippen molar-refractivity contribution in [2.75, 3.05) is 23.4 Å². The Morgan fingerprint density at radius 3 is 2.66 bits per heavy atom. The summed E-state index contributed by atoms with van der Waals surface area (Å²) in [6.07, 6.45) is 10.9. The van der Waals surface area contributed by atoms with Gasteiger partial charge in [-0.05, 0) is 107 Å². The fourth-order valence-corrected chi connectivity index (χ4v) is 8.98. The van der Waals surface area contributed by atoms with Crippen LogP contribution in [0.25, 0.3) is 5.82 Å². The Hall–Kier alpha value is -3.67. The van der Waals surface area contributed by atoms with E-state index in [4.69, 9.17) is 9.72 Å². The summed E-state index contributed by atoms with van der Waals surface area (Å²) >= 11 is 0. The van der Waals surface area contributed by atoms with Gasteiger partial charge in [-0.3, -0.25) is 4.79 Å². The van der Waals surface area contributed by atoms with Crippen LogP contribution < -0.4 is 19.7 Å². The number of aromatic nitrogens is 4. The first kappa shape index (κ1) is 27.8. The number of hydrogen-bond acceptors (Lipinski definition) is 9. The van der Waals surface area contributed by atoms with Gasteiger partial charge in [0.25, 0.3) is 15.9 Å². The van der Waals surface area contributed by atoms with Crippen molar-refractivity contribution < 1.29 is 17.9 Å². The molecule has 232 valence electrons. The van der Waals surface area contributed by atoms with E-state index in [9.17, 15) is 13.2 Å². The molecule has 3 unspecified atom stereocenters. The summed E-state index contributed by atoms with van der Waals surface area (Å²) in [7, 11) is -4.22. The van der Waals surface area contributed by atoms with E-state index in [0.29, 0.717) is 47.8 Å². The number of rotatable bonds is 5. The maximum absolute atomic E-state index is 13.7. The van der Waals surface area contributed by atoms with E-state index >= 15 is 0 Å². The molecule has 0 aromatic carbocycles. The summed E-state index contributed by atoms with van der Waals surface area (Å²) < 4.78 is 36.6. The molecule has 4 fully saturated rings. The van der Waals surface area contributed by atoms with Gasteiger partial charge in [0.15, 0.2) is 10.8 Å². The molecule has 0 radical (unpaired) electrons. The second-order valence-electron chi connectivity index (χ2n) is 13.9. The van der Waals surface area contributed by atoms with Crippen LogP contribution in [-0.4, -0.2) is 58.8 Å². The molecule has 1 spiro atoms. The molecule has 2 N–H and O–H groups in total. The van der Waals surface area contributed by atoms with Gasteiger partial charge in [-0.15, -0.1) is 5.10 Å². The highest BCUT2D eigenvalue weighted by molar-refractivity contribution is 7.90. The van der Waals surface area contributed by atoms with Crippen LogP contribution in [0.4, 0.5) is 11.6 Å². The highest BCUT2D eigenvalue weighted by Gasteiger charge is 2.74. The van der Waals surface area contributed by atoms with E-state index in [1.807, 2.05) is 12.3 Å². The summed E-state index contributed by atoms with van der Waals surface area (Å²) in [5.74, 6) is 3.68. The molecule has 2 bridgehead atoms. The third-order valence-electron chi connectivity index (χ3n) is 10.6. The van der Waals surface area contributed by atoms with E-state index in [2.05, 4.69) is 38.9 Å². The minimum absolute atomic E-state index is 0.129. The molecule has 44 heavy (non-hydrogen) atoms. The van der Waals surface area contributed by atoms with Crippen molar-refractivity contribution in [3.8, 4) is 11.7 Å². The molecule has 1 amide bonds. The van der Waals surface area contributed by atoms with Crippen molar-refractivity contribution in [2.45, 2.75) is 81.8 Å². The van der Waals surface area contributed by atoms with Gasteiger partial charge >= 0.3 is 0 Å². The lowest BCUT2D eigenvalue weighted by molar-refractivity contribution is 0.0981. The number of anilines is 2. The Labute approximate surface area is 257 Å². The minimum Gasteiger partial charge on any atom is -0.476 e. The van der Waals surface area contributed by atoms with Crippen molar-refractivity contribution in [2.24, 2.45) is 23.2 Å². The van der Waals surface area contributed by atoms with Crippen molar-refractivity contribution in [3.63, 3.8) is 0 Å². The Bertz CT molecular complexity index is 1730. The number of pyridine rings is 2. The van der Waals surface area contributed by atoms with Gasteiger partial charge in [0.1, 0.15) is 11.6 Å². The topological polar surface area (TPSA) is 131 Å². The van der Waals surface area contributed by atoms with Gasteiger partial charge in [0, 0.05) is 36.3 Å². The third kappa shape index (κ3) is 4.81. The van der Waals surface area contributed by atoms with Gasteiger partial charge in [-0.25, -0.2) is 19.4 Å². The summed E-state index contributed by atoms with van der Waals surface area (Å²) in [6, 6.07) is 10.1. The predicted octanol–water partition coefficient (Wildman–Crippen LogP) is 4.55. The zero-order valence-corrected chi connectivity index (χ0v) is 26.0.